The minimum absolute atomic E-state index is 0.151. The van der Waals surface area contributed by atoms with E-state index in [1.54, 1.807) is 0 Å². The zero-order chi connectivity index (χ0) is 19.6. The van der Waals surface area contributed by atoms with Crippen LogP contribution in [0.1, 0.15) is 25.3 Å². The number of nitrogens with zero attached hydrogens (tertiary/aromatic N) is 4. The average Bonchev–Trinajstić information content (AvgIpc) is 3.27. The van der Waals surface area contributed by atoms with Gasteiger partial charge in [0.05, 0.1) is 0 Å². The van der Waals surface area contributed by atoms with Gasteiger partial charge in [-0.3, -0.25) is 9.69 Å². The van der Waals surface area contributed by atoms with E-state index in [4.69, 9.17) is 0 Å². The van der Waals surface area contributed by atoms with Gasteiger partial charge < -0.3 is 15.1 Å². The molecule has 2 heterocycles. The molecule has 0 aromatic heterocycles. The number of piperazine rings is 1. The summed E-state index contributed by atoms with van der Waals surface area (Å²) in [6.07, 6.45) is 6.66. The van der Waals surface area contributed by atoms with Crippen molar-refractivity contribution in [3.05, 3.63) is 42.0 Å². The molecule has 2 saturated heterocycles. The molecule has 2 fully saturated rings. The number of carbonyl (C=O) groups is 1. The maximum atomic E-state index is 12.3. The third kappa shape index (κ3) is 6.09. The van der Waals surface area contributed by atoms with E-state index in [-0.39, 0.29) is 12.5 Å². The van der Waals surface area contributed by atoms with Crippen molar-refractivity contribution in [3.8, 4) is 0 Å². The van der Waals surface area contributed by atoms with Gasteiger partial charge in [-0.15, -0.1) is 0 Å². The Kier molecular flexibility index (Phi) is 7.91. The van der Waals surface area contributed by atoms with Gasteiger partial charge in [0.15, 0.2) is 5.96 Å². The van der Waals surface area contributed by atoms with Crippen molar-refractivity contribution in [2.24, 2.45) is 4.99 Å². The summed E-state index contributed by atoms with van der Waals surface area (Å²) in [5.74, 6) is 1.02. The maximum Gasteiger partial charge on any atom is 0.244 e. The van der Waals surface area contributed by atoms with Crippen LogP contribution in [0.3, 0.4) is 0 Å². The van der Waals surface area contributed by atoms with Crippen molar-refractivity contribution in [2.75, 3.05) is 58.9 Å². The second-order valence-electron chi connectivity index (χ2n) is 7.36. The molecule has 3 rings (SSSR count). The first-order valence-electron chi connectivity index (χ1n) is 10.5. The summed E-state index contributed by atoms with van der Waals surface area (Å²) in [5.41, 5.74) is 1.24. The molecule has 0 bridgehead atoms. The molecule has 0 aliphatic carbocycles. The lowest BCUT2D eigenvalue weighted by Gasteiger charge is -2.36. The number of guanidine groups is 1. The Morgan fingerprint density at radius 2 is 1.75 bits per heavy atom. The molecule has 1 aromatic rings. The first-order chi connectivity index (χ1) is 13.8. The third-order valence-corrected chi connectivity index (χ3v) is 5.30. The number of nitrogens with one attached hydrogen (secondary N) is 1. The Morgan fingerprint density at radius 3 is 2.43 bits per heavy atom. The fourth-order valence-corrected chi connectivity index (χ4v) is 3.68. The van der Waals surface area contributed by atoms with Crippen LogP contribution in [-0.2, 0) is 4.79 Å². The lowest BCUT2D eigenvalue weighted by molar-refractivity contribution is -0.128. The lowest BCUT2D eigenvalue weighted by Crippen LogP contribution is -2.52. The highest BCUT2D eigenvalue weighted by atomic mass is 16.2. The van der Waals surface area contributed by atoms with Gasteiger partial charge in [0.25, 0.3) is 0 Å². The van der Waals surface area contributed by atoms with Crippen molar-refractivity contribution in [3.63, 3.8) is 0 Å². The predicted octanol–water partition coefficient (Wildman–Crippen LogP) is 1.91. The molecule has 0 saturated carbocycles. The minimum atomic E-state index is 0.151. The van der Waals surface area contributed by atoms with Crippen molar-refractivity contribution < 1.29 is 4.79 Å². The molecule has 28 heavy (non-hydrogen) atoms. The number of likely N-dealkylation sites (tertiary alicyclic amines) is 1. The SMILES string of the molecule is CCNC(=NCC(=O)N1CCCC1)N1CCN(C/C=C/c2ccccc2)CC1. The summed E-state index contributed by atoms with van der Waals surface area (Å²) in [4.78, 5) is 23.6. The van der Waals surface area contributed by atoms with Crippen LogP contribution in [0, 0.1) is 0 Å². The van der Waals surface area contributed by atoms with Crippen LogP contribution >= 0.6 is 0 Å². The Morgan fingerprint density at radius 1 is 1.04 bits per heavy atom. The Hall–Kier alpha value is -2.34. The highest BCUT2D eigenvalue weighted by Gasteiger charge is 2.21. The molecule has 0 atom stereocenters. The number of benzene rings is 1. The van der Waals surface area contributed by atoms with Crippen LogP contribution in [0.4, 0.5) is 0 Å². The lowest BCUT2D eigenvalue weighted by atomic mass is 10.2. The molecule has 1 aromatic carbocycles. The van der Waals surface area contributed by atoms with Crippen molar-refractivity contribution in [1.29, 1.82) is 0 Å². The summed E-state index contributed by atoms with van der Waals surface area (Å²) < 4.78 is 0. The molecule has 2 aliphatic heterocycles. The van der Waals surface area contributed by atoms with Crippen molar-refractivity contribution >= 4 is 17.9 Å². The smallest absolute Gasteiger partial charge is 0.244 e. The van der Waals surface area contributed by atoms with E-state index in [1.165, 1.54) is 5.56 Å². The average molecular weight is 384 g/mol. The maximum absolute atomic E-state index is 12.3. The molecule has 0 unspecified atom stereocenters. The molecule has 1 amide bonds. The summed E-state index contributed by atoms with van der Waals surface area (Å²) in [6, 6.07) is 10.4. The minimum Gasteiger partial charge on any atom is -0.357 e. The summed E-state index contributed by atoms with van der Waals surface area (Å²) in [5, 5.41) is 3.35. The van der Waals surface area contributed by atoms with Gasteiger partial charge in [0.2, 0.25) is 5.91 Å². The van der Waals surface area contributed by atoms with E-state index in [0.29, 0.717) is 0 Å². The van der Waals surface area contributed by atoms with E-state index < -0.39 is 0 Å². The zero-order valence-electron chi connectivity index (χ0n) is 17.0. The van der Waals surface area contributed by atoms with Crippen LogP contribution in [0.15, 0.2) is 41.4 Å². The van der Waals surface area contributed by atoms with Crippen molar-refractivity contribution in [2.45, 2.75) is 19.8 Å². The molecular formula is C22H33N5O. The van der Waals surface area contributed by atoms with Gasteiger partial charge >= 0.3 is 0 Å². The fraction of sp³-hybridized carbons (Fsp3) is 0.545. The van der Waals surface area contributed by atoms with E-state index in [0.717, 1.165) is 71.2 Å². The third-order valence-electron chi connectivity index (χ3n) is 5.30. The second kappa shape index (κ2) is 10.9. The highest BCUT2D eigenvalue weighted by molar-refractivity contribution is 5.85. The molecule has 152 valence electrons. The fourth-order valence-electron chi connectivity index (χ4n) is 3.68. The van der Waals surface area contributed by atoms with Crippen LogP contribution in [-0.4, -0.2) is 85.5 Å². The molecule has 6 nitrogen and oxygen atoms in total. The first-order valence-corrected chi connectivity index (χ1v) is 10.5. The zero-order valence-corrected chi connectivity index (χ0v) is 17.0. The molecule has 0 radical (unpaired) electrons. The van der Waals surface area contributed by atoms with E-state index in [1.807, 2.05) is 11.0 Å². The van der Waals surface area contributed by atoms with E-state index in [9.17, 15) is 4.79 Å². The van der Waals surface area contributed by atoms with Gasteiger partial charge in [0, 0.05) is 52.4 Å². The van der Waals surface area contributed by atoms with E-state index in [2.05, 4.69) is 63.5 Å². The Labute approximate surface area is 168 Å². The number of amides is 1. The molecular weight excluding hydrogens is 350 g/mol. The van der Waals surface area contributed by atoms with Crippen LogP contribution in [0.2, 0.25) is 0 Å². The van der Waals surface area contributed by atoms with Gasteiger partial charge in [-0.1, -0.05) is 42.5 Å². The number of hydrogen-bond donors (Lipinski definition) is 1. The largest absolute Gasteiger partial charge is 0.357 e. The number of aliphatic imine (C=N–C) groups is 1. The molecule has 0 spiro atoms. The number of hydrogen-bond acceptors (Lipinski definition) is 3. The summed E-state index contributed by atoms with van der Waals surface area (Å²) in [7, 11) is 0. The summed E-state index contributed by atoms with van der Waals surface area (Å²) >= 11 is 0. The van der Waals surface area contributed by atoms with Gasteiger partial charge in [0.1, 0.15) is 6.54 Å². The first kappa shape index (κ1) is 20.4. The Bertz CT molecular complexity index is 659. The van der Waals surface area contributed by atoms with Crippen LogP contribution in [0.5, 0.6) is 0 Å². The van der Waals surface area contributed by atoms with Crippen LogP contribution in [0.25, 0.3) is 6.08 Å². The second-order valence-corrected chi connectivity index (χ2v) is 7.36. The topological polar surface area (TPSA) is 51.2 Å². The van der Waals surface area contributed by atoms with Gasteiger partial charge in [-0.05, 0) is 25.3 Å². The van der Waals surface area contributed by atoms with E-state index >= 15 is 0 Å². The Balaban J connectivity index is 1.46. The quantitative estimate of drug-likeness (QED) is 0.602. The highest BCUT2D eigenvalue weighted by Crippen LogP contribution is 2.08. The summed E-state index contributed by atoms with van der Waals surface area (Å²) in [6.45, 7) is 9.75. The standard InChI is InChI=1S/C22H33N5O/c1-2-23-22(24-19-21(28)26-13-6-7-14-26)27-17-15-25(16-18-27)12-8-11-20-9-4-3-5-10-20/h3-5,8-11H,2,6-7,12-19H2,1H3,(H,23,24)/b11-8+. The normalized spacial score (nSPS) is 18.8. The van der Waals surface area contributed by atoms with Gasteiger partial charge in [-0.2, -0.15) is 0 Å². The number of rotatable bonds is 6. The van der Waals surface area contributed by atoms with Crippen molar-refractivity contribution in [1.82, 2.24) is 20.0 Å². The molecule has 1 N–H and O–H groups in total. The predicted molar refractivity (Wildman–Crippen MR) is 115 cm³/mol. The van der Waals surface area contributed by atoms with Crippen LogP contribution < -0.4 is 5.32 Å². The van der Waals surface area contributed by atoms with Gasteiger partial charge in [-0.25, -0.2) is 4.99 Å². The number of carbonyl (C=O) groups excluding carboxylic acids is 1. The monoisotopic (exact) mass is 383 g/mol. The molecule has 6 heteroatoms. The molecule has 2 aliphatic rings.